The first-order chi connectivity index (χ1) is 16.5. The van der Waals surface area contributed by atoms with Crippen LogP contribution >= 0.6 is 0 Å². The number of hydrogen-bond donors (Lipinski definition) is 1. The third-order valence-corrected chi connectivity index (χ3v) is 6.14. The average Bonchev–Trinajstić information content (AvgIpc) is 2.86. The van der Waals surface area contributed by atoms with Crippen LogP contribution in [0.3, 0.4) is 0 Å². The van der Waals surface area contributed by atoms with Crippen LogP contribution in [0.5, 0.6) is 23.0 Å². The van der Waals surface area contributed by atoms with E-state index >= 15 is 0 Å². The maximum absolute atomic E-state index is 13.4. The lowest BCUT2D eigenvalue weighted by molar-refractivity contribution is 0.280. The lowest BCUT2D eigenvalue weighted by Gasteiger charge is -2.24. The Kier molecular flexibility index (Phi) is 6.81. The van der Waals surface area contributed by atoms with Crippen LogP contribution in [0.1, 0.15) is 17.5 Å². The quantitative estimate of drug-likeness (QED) is 0.563. The molecule has 180 valence electrons. The normalized spacial score (nSPS) is 14.1. The Bertz CT molecular complexity index is 1310. The first kappa shape index (κ1) is 23.7. The zero-order chi connectivity index (χ0) is 24.4. The van der Waals surface area contributed by atoms with Crippen molar-refractivity contribution in [2.24, 2.45) is 0 Å². The summed E-state index contributed by atoms with van der Waals surface area (Å²) in [6.07, 6.45) is 2.87. The fraction of sp³-hybridized carbons (Fsp3) is 0.346. The number of methoxy groups -OCH3 is 4. The third-order valence-electron chi connectivity index (χ3n) is 6.14. The van der Waals surface area contributed by atoms with Crippen molar-refractivity contribution < 1.29 is 28.5 Å². The predicted molar refractivity (Wildman–Crippen MR) is 130 cm³/mol. The van der Waals surface area contributed by atoms with Gasteiger partial charge in [0.15, 0.2) is 16.9 Å². The van der Waals surface area contributed by atoms with Gasteiger partial charge in [-0.3, -0.25) is 4.79 Å². The largest absolute Gasteiger partial charge is 0.496 e. The molecule has 0 unspecified atom stereocenters. The molecule has 8 nitrogen and oxygen atoms in total. The molecule has 8 heteroatoms. The van der Waals surface area contributed by atoms with E-state index in [4.69, 9.17) is 23.4 Å². The van der Waals surface area contributed by atoms with Crippen molar-refractivity contribution in [3.63, 3.8) is 0 Å². The second-order valence-corrected chi connectivity index (χ2v) is 8.07. The van der Waals surface area contributed by atoms with Gasteiger partial charge in [0.05, 0.1) is 40.6 Å². The maximum Gasteiger partial charge on any atom is 0.204 e. The molecule has 0 aliphatic carbocycles. The molecule has 3 aromatic rings. The van der Waals surface area contributed by atoms with E-state index in [-0.39, 0.29) is 12.0 Å². The number of likely N-dealkylation sites (N-methyl/N-ethyl adjacent to an activating group) is 1. The first-order valence-electron chi connectivity index (χ1n) is 10.9. The highest BCUT2D eigenvalue weighted by Crippen LogP contribution is 2.45. The monoisotopic (exact) mass is 467 g/mol. The van der Waals surface area contributed by atoms with Crippen LogP contribution in [-0.2, 0) is 6.61 Å². The molecule has 1 aliphatic rings. The molecular weight excluding hydrogens is 438 g/mol. The number of aliphatic hydroxyl groups excluding tert-OH is 1. The number of benzene rings is 2. The van der Waals surface area contributed by atoms with Crippen LogP contribution in [0.25, 0.3) is 27.9 Å². The van der Waals surface area contributed by atoms with Gasteiger partial charge >= 0.3 is 0 Å². The fourth-order valence-electron chi connectivity index (χ4n) is 4.41. The summed E-state index contributed by atoms with van der Waals surface area (Å²) < 4.78 is 28.4. The third kappa shape index (κ3) is 3.99. The van der Waals surface area contributed by atoms with Crippen LogP contribution in [0, 0.1) is 0 Å². The van der Waals surface area contributed by atoms with Gasteiger partial charge in [-0.1, -0.05) is 6.08 Å². The lowest BCUT2D eigenvalue weighted by atomic mass is 9.92. The van der Waals surface area contributed by atoms with Crippen LogP contribution in [-0.4, -0.2) is 58.6 Å². The summed E-state index contributed by atoms with van der Waals surface area (Å²) in [5, 5.41) is 10.5. The molecule has 0 fully saturated rings. The Morgan fingerprint density at radius 1 is 1.00 bits per heavy atom. The van der Waals surface area contributed by atoms with Gasteiger partial charge in [-0.25, -0.2) is 0 Å². The minimum Gasteiger partial charge on any atom is -0.496 e. The van der Waals surface area contributed by atoms with Crippen molar-refractivity contribution in [2.45, 2.75) is 13.0 Å². The van der Waals surface area contributed by atoms with Gasteiger partial charge in [-0.05, 0) is 42.8 Å². The molecule has 2 aromatic carbocycles. The zero-order valence-corrected chi connectivity index (χ0v) is 20.1. The van der Waals surface area contributed by atoms with Gasteiger partial charge in [0.2, 0.25) is 5.75 Å². The molecule has 0 atom stereocenters. The Hall–Kier alpha value is -3.49. The van der Waals surface area contributed by atoms with E-state index in [1.54, 1.807) is 18.2 Å². The van der Waals surface area contributed by atoms with Gasteiger partial charge in [-0.15, -0.1) is 0 Å². The van der Waals surface area contributed by atoms with Crippen molar-refractivity contribution in [3.8, 4) is 34.3 Å². The molecule has 1 aromatic heterocycles. The molecule has 34 heavy (non-hydrogen) atoms. The highest BCUT2D eigenvalue weighted by molar-refractivity contribution is 5.96. The van der Waals surface area contributed by atoms with Crippen molar-refractivity contribution in [1.82, 2.24) is 4.90 Å². The summed E-state index contributed by atoms with van der Waals surface area (Å²) in [5.41, 5.74) is 3.04. The first-order valence-corrected chi connectivity index (χ1v) is 10.9. The lowest BCUT2D eigenvalue weighted by Crippen LogP contribution is -2.24. The Labute approximate surface area is 197 Å². The molecule has 0 spiro atoms. The molecule has 0 amide bonds. The summed E-state index contributed by atoms with van der Waals surface area (Å²) in [6.45, 7) is 1.40. The van der Waals surface area contributed by atoms with Crippen molar-refractivity contribution in [3.05, 3.63) is 51.7 Å². The highest BCUT2D eigenvalue weighted by Gasteiger charge is 2.25. The number of aliphatic hydroxyl groups is 1. The average molecular weight is 468 g/mol. The smallest absolute Gasteiger partial charge is 0.204 e. The van der Waals surface area contributed by atoms with E-state index in [0.717, 1.165) is 30.6 Å². The van der Waals surface area contributed by atoms with Crippen LogP contribution in [0.4, 0.5) is 0 Å². The standard InChI is InChI=1S/C26H29NO7/c1-27-10-8-15(9-11-27)22-16(14-28)12-21(31-3)23-18(29)13-20(34-26(22)23)17-6-7-19(30-2)25(33-5)24(17)32-4/h6-8,12-13,28H,9-11,14H2,1-5H3. The molecule has 0 saturated heterocycles. The van der Waals surface area contributed by atoms with E-state index in [1.165, 1.54) is 34.5 Å². The zero-order valence-electron chi connectivity index (χ0n) is 20.1. The molecular formula is C26H29NO7. The second-order valence-electron chi connectivity index (χ2n) is 8.07. The molecule has 2 heterocycles. The van der Waals surface area contributed by atoms with Gasteiger partial charge in [-0.2, -0.15) is 0 Å². The van der Waals surface area contributed by atoms with E-state index in [9.17, 15) is 9.90 Å². The number of fused-ring (bicyclic) bond motifs is 1. The minimum atomic E-state index is -0.260. The SMILES string of the molecule is COc1ccc(-c2cc(=O)c3c(OC)cc(CO)c(C4=CCN(C)CC4)c3o2)c(OC)c1OC. The number of rotatable bonds is 7. The van der Waals surface area contributed by atoms with Crippen LogP contribution in [0.2, 0.25) is 0 Å². The fourth-order valence-corrected chi connectivity index (χ4v) is 4.41. The molecule has 1 aliphatic heterocycles. The molecule has 4 rings (SSSR count). The van der Waals surface area contributed by atoms with Crippen molar-refractivity contribution in [2.75, 3.05) is 48.6 Å². The Morgan fingerprint density at radius 3 is 2.32 bits per heavy atom. The summed E-state index contributed by atoms with van der Waals surface area (Å²) in [7, 11) is 8.12. The summed E-state index contributed by atoms with van der Waals surface area (Å²) in [4.78, 5) is 15.6. The predicted octanol–water partition coefficient (Wildman–Crippen LogP) is 3.71. The van der Waals surface area contributed by atoms with Gasteiger partial charge < -0.3 is 33.4 Å². The highest BCUT2D eigenvalue weighted by atomic mass is 16.5. The number of nitrogens with zero attached hydrogens (tertiary/aromatic N) is 1. The Balaban J connectivity index is 2.07. The van der Waals surface area contributed by atoms with E-state index in [0.29, 0.717) is 50.9 Å². The molecule has 0 bridgehead atoms. The molecule has 0 radical (unpaired) electrons. The molecule has 0 saturated carbocycles. The summed E-state index contributed by atoms with van der Waals surface area (Å²) in [5.74, 6) is 1.94. The van der Waals surface area contributed by atoms with Gasteiger partial charge in [0, 0.05) is 24.7 Å². The van der Waals surface area contributed by atoms with Crippen molar-refractivity contribution in [1.29, 1.82) is 0 Å². The van der Waals surface area contributed by atoms with E-state index in [1.807, 2.05) is 7.05 Å². The summed E-state index contributed by atoms with van der Waals surface area (Å²) >= 11 is 0. The van der Waals surface area contributed by atoms with E-state index < -0.39 is 0 Å². The number of hydrogen-bond acceptors (Lipinski definition) is 8. The number of ether oxygens (including phenoxy) is 4. The second kappa shape index (κ2) is 9.79. The van der Waals surface area contributed by atoms with Gasteiger partial charge in [0.25, 0.3) is 0 Å². The molecule has 1 N–H and O–H groups in total. The Morgan fingerprint density at radius 2 is 1.74 bits per heavy atom. The van der Waals surface area contributed by atoms with E-state index in [2.05, 4.69) is 11.0 Å². The summed E-state index contributed by atoms with van der Waals surface area (Å²) in [6, 6.07) is 6.61. The maximum atomic E-state index is 13.4. The minimum absolute atomic E-state index is 0.220. The van der Waals surface area contributed by atoms with Crippen LogP contribution in [0.15, 0.2) is 39.6 Å². The topological polar surface area (TPSA) is 90.6 Å². The van der Waals surface area contributed by atoms with Crippen molar-refractivity contribution >= 4 is 16.5 Å². The van der Waals surface area contributed by atoms with Crippen LogP contribution < -0.4 is 24.4 Å². The van der Waals surface area contributed by atoms with Gasteiger partial charge in [0.1, 0.15) is 22.5 Å².